The van der Waals surface area contributed by atoms with Gasteiger partial charge in [0, 0.05) is 19.8 Å². The van der Waals surface area contributed by atoms with Gasteiger partial charge in [0.2, 0.25) is 0 Å². The summed E-state index contributed by atoms with van der Waals surface area (Å²) in [6.45, 7) is 5.71. The Labute approximate surface area is 102 Å². The van der Waals surface area contributed by atoms with Crippen molar-refractivity contribution in [2.24, 2.45) is 0 Å². The highest BCUT2D eigenvalue weighted by atomic mass is 16.7. The van der Waals surface area contributed by atoms with Crippen molar-refractivity contribution in [3.63, 3.8) is 0 Å². The lowest BCUT2D eigenvalue weighted by Crippen LogP contribution is -2.35. The van der Waals surface area contributed by atoms with Gasteiger partial charge in [-0.05, 0) is 26.8 Å². The van der Waals surface area contributed by atoms with Gasteiger partial charge in [-0.2, -0.15) is 0 Å². The summed E-state index contributed by atoms with van der Waals surface area (Å²) in [5.74, 6) is -1.28. The summed E-state index contributed by atoms with van der Waals surface area (Å²) in [6.07, 6.45) is 5.87. The van der Waals surface area contributed by atoms with E-state index in [-0.39, 0.29) is 12.2 Å². The second-order valence-electron chi connectivity index (χ2n) is 4.90. The molecule has 0 aromatic rings. The Morgan fingerprint density at radius 1 is 1.18 bits per heavy atom. The number of fused-ring (bicyclic) bond motifs is 1. The molecule has 4 heteroatoms. The largest absolute Gasteiger partial charge is 0.349 e. The Balaban J connectivity index is 2.22. The SMILES string of the molecule is COC(C)(OC)C1=C[C@H]2OC(C)(C)O[C@H]2C=C1. The predicted octanol–water partition coefficient (Wildman–Crippen LogP) is 2.01. The third-order valence-corrected chi connectivity index (χ3v) is 3.28. The zero-order chi connectivity index (χ0) is 12.7. The lowest BCUT2D eigenvalue weighted by molar-refractivity contribution is -0.163. The predicted molar refractivity (Wildman–Crippen MR) is 63.5 cm³/mol. The first-order valence-corrected chi connectivity index (χ1v) is 5.77. The molecule has 2 rings (SSSR count). The molecule has 1 aliphatic heterocycles. The van der Waals surface area contributed by atoms with E-state index in [1.54, 1.807) is 14.2 Å². The highest BCUT2D eigenvalue weighted by Crippen LogP contribution is 2.35. The van der Waals surface area contributed by atoms with Crippen LogP contribution in [-0.4, -0.2) is 38.0 Å². The fourth-order valence-corrected chi connectivity index (χ4v) is 2.15. The van der Waals surface area contributed by atoms with E-state index >= 15 is 0 Å². The summed E-state index contributed by atoms with van der Waals surface area (Å²) < 4.78 is 22.3. The average Bonchev–Trinajstić information content (AvgIpc) is 2.60. The molecule has 0 radical (unpaired) electrons. The third-order valence-electron chi connectivity index (χ3n) is 3.28. The van der Waals surface area contributed by atoms with Gasteiger partial charge in [-0.3, -0.25) is 0 Å². The molecule has 2 aliphatic rings. The van der Waals surface area contributed by atoms with E-state index in [1.807, 2.05) is 39.0 Å². The second-order valence-corrected chi connectivity index (χ2v) is 4.90. The van der Waals surface area contributed by atoms with Crippen molar-refractivity contribution in [1.82, 2.24) is 0 Å². The Morgan fingerprint density at radius 3 is 2.35 bits per heavy atom. The van der Waals surface area contributed by atoms with Gasteiger partial charge in [0.1, 0.15) is 12.2 Å². The fourth-order valence-electron chi connectivity index (χ4n) is 2.15. The van der Waals surface area contributed by atoms with Gasteiger partial charge >= 0.3 is 0 Å². The summed E-state index contributed by atoms with van der Waals surface area (Å²) in [4.78, 5) is 0. The molecule has 0 N–H and O–H groups in total. The Kier molecular flexibility index (Phi) is 3.16. The minimum Gasteiger partial charge on any atom is -0.349 e. The lowest BCUT2D eigenvalue weighted by atomic mass is 9.97. The molecule has 2 atom stereocenters. The van der Waals surface area contributed by atoms with Crippen LogP contribution in [-0.2, 0) is 18.9 Å². The van der Waals surface area contributed by atoms with E-state index in [2.05, 4.69) is 0 Å². The van der Waals surface area contributed by atoms with Crippen LogP contribution in [0.5, 0.6) is 0 Å². The van der Waals surface area contributed by atoms with Crippen molar-refractivity contribution >= 4 is 0 Å². The molecule has 0 aromatic heterocycles. The molecule has 1 fully saturated rings. The van der Waals surface area contributed by atoms with Crippen LogP contribution in [0.1, 0.15) is 20.8 Å². The zero-order valence-corrected chi connectivity index (χ0v) is 11.0. The Bertz CT molecular complexity index is 352. The van der Waals surface area contributed by atoms with E-state index in [0.717, 1.165) is 5.57 Å². The van der Waals surface area contributed by atoms with Crippen LogP contribution in [0.3, 0.4) is 0 Å². The molecular formula is C13H20O4. The van der Waals surface area contributed by atoms with E-state index in [9.17, 15) is 0 Å². The maximum Gasteiger partial charge on any atom is 0.191 e. The molecule has 0 spiro atoms. The van der Waals surface area contributed by atoms with Crippen LogP contribution in [0.25, 0.3) is 0 Å². The van der Waals surface area contributed by atoms with Crippen molar-refractivity contribution in [2.45, 2.75) is 44.6 Å². The van der Waals surface area contributed by atoms with Crippen molar-refractivity contribution in [3.8, 4) is 0 Å². The van der Waals surface area contributed by atoms with Gasteiger partial charge in [-0.25, -0.2) is 0 Å². The number of ether oxygens (including phenoxy) is 4. The van der Waals surface area contributed by atoms with E-state index in [0.29, 0.717) is 0 Å². The molecular weight excluding hydrogens is 220 g/mol. The first-order chi connectivity index (χ1) is 7.90. The summed E-state index contributed by atoms with van der Waals surface area (Å²) in [5.41, 5.74) is 0.949. The molecule has 0 unspecified atom stereocenters. The third kappa shape index (κ3) is 2.31. The minimum absolute atomic E-state index is 0.0216. The van der Waals surface area contributed by atoms with Crippen LogP contribution < -0.4 is 0 Å². The van der Waals surface area contributed by atoms with Gasteiger partial charge in [0.15, 0.2) is 11.6 Å². The first-order valence-electron chi connectivity index (χ1n) is 5.77. The summed E-state index contributed by atoms with van der Waals surface area (Å²) in [6, 6.07) is 0. The van der Waals surface area contributed by atoms with Crippen LogP contribution in [0.4, 0.5) is 0 Å². The molecule has 0 aromatic carbocycles. The first kappa shape index (κ1) is 12.8. The molecule has 1 saturated heterocycles. The normalized spacial score (nSPS) is 31.2. The summed E-state index contributed by atoms with van der Waals surface area (Å²) in [5, 5.41) is 0. The van der Waals surface area contributed by atoms with Crippen molar-refractivity contribution < 1.29 is 18.9 Å². The molecule has 1 heterocycles. The minimum atomic E-state index is -0.739. The Hall–Kier alpha value is -0.680. The monoisotopic (exact) mass is 240 g/mol. The van der Waals surface area contributed by atoms with Crippen molar-refractivity contribution in [3.05, 3.63) is 23.8 Å². The molecule has 0 amide bonds. The van der Waals surface area contributed by atoms with Crippen LogP contribution in [0.15, 0.2) is 23.8 Å². The standard InChI is InChI=1S/C13H20O4/c1-12(2)16-10-7-6-9(8-11(10)17-12)13(3,14-4)15-5/h6-8,10-11H,1-5H3/t10-,11+/m0/s1. The van der Waals surface area contributed by atoms with Crippen molar-refractivity contribution in [1.29, 1.82) is 0 Å². The smallest absolute Gasteiger partial charge is 0.191 e. The number of methoxy groups -OCH3 is 2. The van der Waals surface area contributed by atoms with Crippen LogP contribution in [0.2, 0.25) is 0 Å². The number of hydrogen-bond donors (Lipinski definition) is 0. The van der Waals surface area contributed by atoms with Gasteiger partial charge in [-0.1, -0.05) is 12.2 Å². The Morgan fingerprint density at radius 2 is 1.76 bits per heavy atom. The average molecular weight is 240 g/mol. The zero-order valence-electron chi connectivity index (χ0n) is 11.0. The van der Waals surface area contributed by atoms with Gasteiger partial charge in [-0.15, -0.1) is 0 Å². The van der Waals surface area contributed by atoms with Crippen molar-refractivity contribution in [2.75, 3.05) is 14.2 Å². The molecule has 1 aliphatic carbocycles. The lowest BCUT2D eigenvalue weighted by Gasteiger charge is -2.30. The summed E-state index contributed by atoms with van der Waals surface area (Å²) in [7, 11) is 3.25. The summed E-state index contributed by atoms with van der Waals surface area (Å²) >= 11 is 0. The molecule has 17 heavy (non-hydrogen) atoms. The van der Waals surface area contributed by atoms with Gasteiger partial charge in [0.05, 0.1) is 0 Å². The highest BCUT2D eigenvalue weighted by Gasteiger charge is 2.42. The topological polar surface area (TPSA) is 36.9 Å². The molecule has 4 nitrogen and oxygen atoms in total. The molecule has 96 valence electrons. The van der Waals surface area contributed by atoms with E-state index in [1.165, 1.54) is 0 Å². The van der Waals surface area contributed by atoms with Crippen LogP contribution in [0, 0.1) is 0 Å². The van der Waals surface area contributed by atoms with Gasteiger partial charge in [0.25, 0.3) is 0 Å². The van der Waals surface area contributed by atoms with E-state index < -0.39 is 11.6 Å². The quantitative estimate of drug-likeness (QED) is 0.707. The number of rotatable bonds is 3. The maximum absolute atomic E-state index is 5.81. The fraction of sp³-hybridized carbons (Fsp3) is 0.692. The molecule has 0 bridgehead atoms. The van der Waals surface area contributed by atoms with Crippen LogP contribution >= 0.6 is 0 Å². The maximum atomic E-state index is 5.81. The van der Waals surface area contributed by atoms with E-state index in [4.69, 9.17) is 18.9 Å². The highest BCUT2D eigenvalue weighted by molar-refractivity contribution is 5.33. The second kappa shape index (κ2) is 4.21. The number of hydrogen-bond acceptors (Lipinski definition) is 4. The molecule has 0 saturated carbocycles. The van der Waals surface area contributed by atoms with Gasteiger partial charge < -0.3 is 18.9 Å².